The lowest BCUT2D eigenvalue weighted by molar-refractivity contribution is -0.180. The third-order valence-corrected chi connectivity index (χ3v) is 3.89. The van der Waals surface area contributed by atoms with Gasteiger partial charge < -0.3 is 4.90 Å². The van der Waals surface area contributed by atoms with Gasteiger partial charge in [-0.3, -0.25) is 4.98 Å². The highest BCUT2D eigenvalue weighted by Crippen LogP contribution is 2.38. The van der Waals surface area contributed by atoms with Crippen LogP contribution >= 0.6 is 11.3 Å². The summed E-state index contributed by atoms with van der Waals surface area (Å²) >= 11 is 1.40. The van der Waals surface area contributed by atoms with Gasteiger partial charge in [0.15, 0.2) is 5.13 Å². The van der Waals surface area contributed by atoms with Crippen LogP contribution in [-0.4, -0.2) is 29.2 Å². The summed E-state index contributed by atoms with van der Waals surface area (Å²) in [4.78, 5) is 9.85. The second kappa shape index (κ2) is 3.56. The number of alkyl halides is 3. The molecule has 2 aromatic heterocycles. The highest BCUT2D eigenvalue weighted by Gasteiger charge is 2.47. The standard InChI is InChI=1S/C10H8F3N3S/c11-10(12,13)6-4-16(5-6)9-15-7-3-14-2-1-8(7)17-9/h1-3,6H,4-5H2. The molecule has 3 heterocycles. The number of pyridine rings is 1. The van der Waals surface area contributed by atoms with Gasteiger partial charge in [-0.2, -0.15) is 13.2 Å². The van der Waals surface area contributed by atoms with E-state index in [-0.39, 0.29) is 13.1 Å². The molecule has 7 heteroatoms. The van der Waals surface area contributed by atoms with E-state index in [2.05, 4.69) is 9.97 Å². The average Bonchev–Trinajstić information content (AvgIpc) is 2.55. The summed E-state index contributed by atoms with van der Waals surface area (Å²) in [6.45, 7) is 0.0213. The maximum Gasteiger partial charge on any atom is 0.395 e. The molecule has 0 radical (unpaired) electrons. The number of aromatic nitrogens is 2. The first-order valence-corrected chi connectivity index (χ1v) is 5.88. The molecule has 2 aromatic rings. The molecule has 1 aliphatic heterocycles. The van der Waals surface area contributed by atoms with Crippen LogP contribution in [0.3, 0.4) is 0 Å². The molecule has 0 unspecified atom stereocenters. The number of hydrogen-bond acceptors (Lipinski definition) is 4. The topological polar surface area (TPSA) is 29.0 Å². The zero-order valence-corrected chi connectivity index (χ0v) is 9.42. The fraction of sp³-hybridized carbons (Fsp3) is 0.400. The van der Waals surface area contributed by atoms with Gasteiger partial charge in [0, 0.05) is 19.3 Å². The van der Waals surface area contributed by atoms with Gasteiger partial charge in [-0.25, -0.2) is 4.98 Å². The van der Waals surface area contributed by atoms with Crippen LogP contribution in [0.4, 0.5) is 18.3 Å². The lowest BCUT2D eigenvalue weighted by atomic mass is 10.0. The minimum Gasteiger partial charge on any atom is -0.347 e. The van der Waals surface area contributed by atoms with E-state index in [4.69, 9.17) is 0 Å². The largest absolute Gasteiger partial charge is 0.395 e. The molecule has 1 fully saturated rings. The van der Waals surface area contributed by atoms with Crippen LogP contribution in [0.5, 0.6) is 0 Å². The maximum absolute atomic E-state index is 12.3. The Hall–Kier alpha value is -1.37. The highest BCUT2D eigenvalue weighted by molar-refractivity contribution is 7.22. The van der Waals surface area contributed by atoms with Crippen LogP contribution in [0.25, 0.3) is 10.2 Å². The number of rotatable bonds is 1. The normalized spacial score (nSPS) is 17.5. The molecule has 0 atom stereocenters. The smallest absolute Gasteiger partial charge is 0.347 e. The number of anilines is 1. The maximum atomic E-state index is 12.3. The number of fused-ring (bicyclic) bond motifs is 1. The van der Waals surface area contributed by atoms with Crippen molar-refractivity contribution in [3.05, 3.63) is 18.5 Å². The van der Waals surface area contributed by atoms with Gasteiger partial charge in [-0.1, -0.05) is 11.3 Å². The Kier molecular flexibility index (Phi) is 2.25. The summed E-state index contributed by atoms with van der Waals surface area (Å²) in [6, 6.07) is 1.82. The van der Waals surface area contributed by atoms with Crippen LogP contribution in [0.2, 0.25) is 0 Å². The van der Waals surface area contributed by atoms with Crippen molar-refractivity contribution < 1.29 is 13.2 Å². The van der Waals surface area contributed by atoms with E-state index >= 15 is 0 Å². The molecule has 1 saturated heterocycles. The van der Waals surface area contributed by atoms with Crippen molar-refractivity contribution in [1.82, 2.24) is 9.97 Å². The van der Waals surface area contributed by atoms with Crippen molar-refractivity contribution in [1.29, 1.82) is 0 Å². The predicted octanol–water partition coefficient (Wildman–Crippen LogP) is 2.69. The van der Waals surface area contributed by atoms with Gasteiger partial charge in [-0.15, -0.1) is 0 Å². The van der Waals surface area contributed by atoms with Crippen LogP contribution in [0, 0.1) is 5.92 Å². The van der Waals surface area contributed by atoms with Crippen molar-refractivity contribution in [3.8, 4) is 0 Å². The zero-order valence-electron chi connectivity index (χ0n) is 8.61. The van der Waals surface area contributed by atoms with Crippen LogP contribution in [0.15, 0.2) is 18.5 Å². The molecule has 0 aliphatic carbocycles. The molecule has 90 valence electrons. The van der Waals surface area contributed by atoms with E-state index in [0.717, 1.165) is 10.2 Å². The first-order chi connectivity index (χ1) is 8.04. The lowest BCUT2D eigenvalue weighted by Crippen LogP contribution is -2.53. The molecule has 3 rings (SSSR count). The summed E-state index contributed by atoms with van der Waals surface area (Å²) in [5, 5.41) is 0.647. The van der Waals surface area contributed by atoms with Gasteiger partial charge in [0.1, 0.15) is 5.52 Å². The van der Waals surface area contributed by atoms with E-state index in [1.54, 1.807) is 17.3 Å². The van der Waals surface area contributed by atoms with Crippen LogP contribution in [0.1, 0.15) is 0 Å². The third kappa shape index (κ3) is 1.84. The number of hydrogen-bond donors (Lipinski definition) is 0. The lowest BCUT2D eigenvalue weighted by Gasteiger charge is -2.39. The third-order valence-electron chi connectivity index (χ3n) is 2.79. The quantitative estimate of drug-likeness (QED) is 0.788. The summed E-state index contributed by atoms with van der Waals surface area (Å²) in [5.74, 6) is -1.22. The molecule has 3 nitrogen and oxygen atoms in total. The highest BCUT2D eigenvalue weighted by atomic mass is 32.1. The Bertz CT molecular complexity index is 512. The fourth-order valence-electron chi connectivity index (χ4n) is 1.74. The molecule has 0 spiro atoms. The van der Waals surface area contributed by atoms with Crippen LogP contribution < -0.4 is 4.90 Å². The Morgan fingerprint density at radius 1 is 1.35 bits per heavy atom. The SMILES string of the molecule is FC(F)(F)C1CN(c2nc3cnccc3s2)C1. The second-order valence-corrected chi connectivity index (χ2v) is 4.99. The molecule has 17 heavy (non-hydrogen) atoms. The summed E-state index contributed by atoms with van der Waals surface area (Å²) in [6.07, 6.45) is -0.815. The molecule has 0 amide bonds. The van der Waals surface area contributed by atoms with Crippen molar-refractivity contribution >= 4 is 26.7 Å². The van der Waals surface area contributed by atoms with Crippen LogP contribution in [-0.2, 0) is 0 Å². The average molecular weight is 259 g/mol. The Morgan fingerprint density at radius 2 is 2.12 bits per heavy atom. The van der Waals surface area contributed by atoms with E-state index in [1.165, 1.54) is 11.3 Å². The van der Waals surface area contributed by atoms with Gasteiger partial charge in [-0.05, 0) is 6.07 Å². The molecular weight excluding hydrogens is 251 g/mol. The van der Waals surface area contributed by atoms with Gasteiger partial charge in [0.25, 0.3) is 0 Å². The summed E-state index contributed by atoms with van der Waals surface area (Å²) < 4.78 is 38.0. The van der Waals surface area contributed by atoms with E-state index in [0.29, 0.717) is 5.13 Å². The zero-order chi connectivity index (χ0) is 12.0. The monoisotopic (exact) mass is 259 g/mol. The molecular formula is C10H8F3N3S. The molecule has 0 aromatic carbocycles. The summed E-state index contributed by atoms with van der Waals surface area (Å²) in [5.41, 5.74) is 0.739. The predicted molar refractivity (Wildman–Crippen MR) is 59.2 cm³/mol. The van der Waals surface area contributed by atoms with Crippen molar-refractivity contribution in [2.75, 3.05) is 18.0 Å². The first-order valence-electron chi connectivity index (χ1n) is 5.06. The van der Waals surface area contributed by atoms with E-state index < -0.39 is 12.1 Å². The number of halogens is 3. The summed E-state index contributed by atoms with van der Waals surface area (Å²) in [7, 11) is 0. The van der Waals surface area contributed by atoms with Crippen molar-refractivity contribution in [2.45, 2.75) is 6.18 Å². The molecule has 0 N–H and O–H groups in total. The first kappa shape index (κ1) is 10.8. The van der Waals surface area contributed by atoms with E-state index in [1.807, 2.05) is 6.07 Å². The number of thiazole rings is 1. The Labute approximate surface area is 98.9 Å². The van der Waals surface area contributed by atoms with Gasteiger partial charge in [0.2, 0.25) is 0 Å². The molecule has 0 bridgehead atoms. The second-order valence-electron chi connectivity index (χ2n) is 3.98. The minimum atomic E-state index is -4.09. The fourth-order valence-corrected chi connectivity index (χ4v) is 2.70. The molecule has 0 saturated carbocycles. The number of nitrogens with zero attached hydrogens (tertiary/aromatic N) is 3. The van der Waals surface area contributed by atoms with Gasteiger partial charge >= 0.3 is 6.18 Å². The Morgan fingerprint density at radius 3 is 2.76 bits per heavy atom. The van der Waals surface area contributed by atoms with Crippen molar-refractivity contribution in [2.24, 2.45) is 5.92 Å². The molecule has 1 aliphatic rings. The van der Waals surface area contributed by atoms with Gasteiger partial charge in [0.05, 0.1) is 16.8 Å². The van der Waals surface area contributed by atoms with Crippen molar-refractivity contribution in [3.63, 3.8) is 0 Å². The Balaban J connectivity index is 1.79. The van der Waals surface area contributed by atoms with E-state index in [9.17, 15) is 13.2 Å². The minimum absolute atomic E-state index is 0.0107.